The van der Waals surface area contributed by atoms with Gasteiger partial charge in [0.25, 0.3) is 0 Å². The molecule has 24 rings (SSSR count). The SMILES string of the molecule is [2H]c1c([2H])c([2H])c2c(c1[2H])c1c([2H])c([2H])c([2H])c([2H])c1n2-c1cc2c3c(c1)N(c1cccc4c5cccc(-n6c7c([2H])c([2H])c([2H])c([2H])c7c7c([2H])c([2H])c([2H])c([2H])c76)c5n(-c5ccccc5)c14)c1cc(-n4c5ccc(C(C)(C)C)cc5c5cc(C(C)(C)C)ccc54)ccc1C3c1ccc(-n3c4ccc(C(C)(C)C)cc4c4cc(C(C)(C)C)ccc43)cc1N2c1c(-c2ccccc2)cc(C(C)(C)C)cc1-c1ccccc1. The van der Waals surface area contributed by atoms with Crippen molar-refractivity contribution in [2.24, 2.45) is 0 Å². The molecule has 7 heterocycles. The van der Waals surface area contributed by atoms with Crippen molar-refractivity contribution in [3.05, 3.63) is 402 Å². The summed E-state index contributed by atoms with van der Waals surface area (Å²) in [6.07, 6.45) is 0. The lowest BCUT2D eigenvalue weighted by molar-refractivity contribution is 0.590. The van der Waals surface area contributed by atoms with Gasteiger partial charge in [-0.2, -0.15) is 0 Å². The van der Waals surface area contributed by atoms with E-state index in [-0.39, 0.29) is 71.0 Å². The Morgan fingerprint density at radius 1 is 0.223 bits per heavy atom. The molecule has 0 amide bonds. The molecule has 0 aliphatic carbocycles. The normalized spacial score (nSPS) is 15.6. The monoisotopic (exact) mass is 1700 g/mol. The highest BCUT2D eigenvalue weighted by Gasteiger charge is 2.45. The molecule has 2 aliphatic rings. The van der Waals surface area contributed by atoms with Crippen LogP contribution in [0.5, 0.6) is 0 Å². The van der Waals surface area contributed by atoms with Gasteiger partial charge in [-0.1, -0.05) is 316 Å². The average molecular weight is 1700 g/mol. The van der Waals surface area contributed by atoms with Crippen LogP contribution >= 0.6 is 0 Å². The molecule has 0 saturated carbocycles. The van der Waals surface area contributed by atoms with Gasteiger partial charge in [-0.3, -0.25) is 0 Å². The van der Waals surface area contributed by atoms with E-state index < -0.39 is 108 Å². The Hall–Kier alpha value is -14.7. The first kappa shape index (κ1) is 63.3. The van der Waals surface area contributed by atoms with E-state index in [0.717, 1.165) is 122 Å². The zero-order valence-corrected chi connectivity index (χ0v) is 75.5. The van der Waals surface area contributed by atoms with Gasteiger partial charge in [-0.25, -0.2) is 0 Å². The van der Waals surface area contributed by atoms with Gasteiger partial charge in [0.15, 0.2) is 0 Å². The van der Waals surface area contributed by atoms with Crippen molar-refractivity contribution in [2.45, 2.75) is 137 Å². The van der Waals surface area contributed by atoms with Crippen LogP contribution in [0.25, 0.3) is 160 Å². The Balaban J connectivity index is 0.933. The average Bonchev–Trinajstić information content (AvgIpc) is 1.65. The topological polar surface area (TPSA) is 31.1 Å². The predicted octanol–water partition coefficient (Wildman–Crippen LogP) is 33.7. The van der Waals surface area contributed by atoms with Gasteiger partial charge in [0, 0.05) is 93.5 Å². The van der Waals surface area contributed by atoms with Crippen molar-refractivity contribution in [1.82, 2.24) is 22.8 Å². The molecule has 5 aromatic heterocycles. The third-order valence-corrected chi connectivity index (χ3v) is 27.5. The molecule has 0 fully saturated rings. The summed E-state index contributed by atoms with van der Waals surface area (Å²) >= 11 is 0. The van der Waals surface area contributed by atoms with E-state index in [4.69, 9.17) is 0 Å². The van der Waals surface area contributed by atoms with Crippen LogP contribution in [0.15, 0.2) is 358 Å². The summed E-state index contributed by atoms with van der Waals surface area (Å²) in [6, 6.07) is 84.0. The van der Waals surface area contributed by atoms with Gasteiger partial charge in [-0.05, 0) is 223 Å². The smallest absolute Gasteiger partial charge is 0.0783 e. The second-order valence-electron chi connectivity index (χ2n) is 40.6. The first-order valence-corrected chi connectivity index (χ1v) is 45.0. The second kappa shape index (κ2) is 28.4. The number of fused-ring (bicyclic) bond motifs is 19. The third-order valence-electron chi connectivity index (χ3n) is 27.5. The van der Waals surface area contributed by atoms with E-state index >= 15 is 0 Å². The Morgan fingerprint density at radius 2 is 0.562 bits per heavy atom. The van der Waals surface area contributed by atoms with Gasteiger partial charge in [0.1, 0.15) is 0 Å². The molecule has 632 valence electrons. The molecule has 17 aromatic carbocycles. The highest BCUT2D eigenvalue weighted by molar-refractivity contribution is 6.20. The van der Waals surface area contributed by atoms with Crippen molar-refractivity contribution in [3.63, 3.8) is 0 Å². The minimum atomic E-state index is -0.749. The van der Waals surface area contributed by atoms with Crippen molar-refractivity contribution >= 4 is 143 Å². The maximum absolute atomic E-state index is 10.5. The number of rotatable bonds is 9. The molecule has 130 heavy (non-hydrogen) atoms. The van der Waals surface area contributed by atoms with Crippen molar-refractivity contribution in [3.8, 4) is 50.7 Å². The van der Waals surface area contributed by atoms with E-state index in [1.165, 1.54) is 11.1 Å². The molecular formula is C123H105N7. The quantitative estimate of drug-likeness (QED) is 0.144. The first-order chi connectivity index (χ1) is 69.3. The summed E-state index contributed by atoms with van der Waals surface area (Å²) in [6.45, 7) is 33.6. The Kier molecular flexibility index (Phi) is 13.8. The maximum Gasteiger partial charge on any atom is 0.0783 e. The fourth-order valence-corrected chi connectivity index (χ4v) is 20.9. The summed E-state index contributed by atoms with van der Waals surface area (Å²) in [4.78, 5) is 4.71. The van der Waals surface area contributed by atoms with Gasteiger partial charge >= 0.3 is 0 Å². The van der Waals surface area contributed by atoms with E-state index in [0.29, 0.717) is 55.9 Å². The van der Waals surface area contributed by atoms with Gasteiger partial charge in [0.05, 0.1) is 123 Å². The summed E-state index contributed by atoms with van der Waals surface area (Å²) in [5.74, 6) is -0.749. The van der Waals surface area contributed by atoms with E-state index in [9.17, 15) is 21.9 Å². The molecule has 0 bridgehead atoms. The lowest BCUT2D eigenvalue weighted by Crippen LogP contribution is -2.30. The second-order valence-corrected chi connectivity index (χ2v) is 40.6. The summed E-state index contributed by atoms with van der Waals surface area (Å²) in [5, 5.41) is 5.24. The molecule has 0 saturated heterocycles. The molecule has 2 aliphatic heterocycles. The van der Waals surface area contributed by atoms with Gasteiger partial charge in [0.2, 0.25) is 0 Å². The highest BCUT2D eigenvalue weighted by Crippen LogP contribution is 2.65. The van der Waals surface area contributed by atoms with E-state index in [1.807, 2.05) is 72.8 Å². The molecule has 0 spiro atoms. The molecule has 1 atom stereocenters. The zero-order valence-electron chi connectivity index (χ0n) is 91.5. The number of hydrogen-bond acceptors (Lipinski definition) is 2. The predicted molar refractivity (Wildman–Crippen MR) is 553 cm³/mol. The maximum atomic E-state index is 10.5. The van der Waals surface area contributed by atoms with Crippen molar-refractivity contribution in [2.75, 3.05) is 9.80 Å². The molecule has 22 aromatic rings. The molecule has 7 heteroatoms. The van der Waals surface area contributed by atoms with Crippen LogP contribution in [-0.2, 0) is 27.1 Å². The van der Waals surface area contributed by atoms with Crippen LogP contribution < -0.4 is 9.80 Å². The van der Waals surface area contributed by atoms with Crippen molar-refractivity contribution in [1.29, 1.82) is 0 Å². The number of para-hydroxylation sites is 7. The lowest BCUT2D eigenvalue weighted by Gasteiger charge is -2.46. The Morgan fingerprint density at radius 3 is 0.962 bits per heavy atom. The fourth-order valence-electron chi connectivity index (χ4n) is 20.9. The minimum absolute atomic E-state index is 0.0630. The van der Waals surface area contributed by atoms with Crippen LogP contribution in [0.3, 0.4) is 0 Å². The number of anilines is 6. The molecule has 7 nitrogen and oxygen atoms in total. The molecule has 0 N–H and O–H groups in total. The molecular weight excluding hydrogens is 1580 g/mol. The van der Waals surface area contributed by atoms with Gasteiger partial charge < -0.3 is 32.6 Å². The Bertz CT molecular complexity index is 9180. The summed E-state index contributed by atoms with van der Waals surface area (Å²) in [5.41, 5.74) is 21.8. The van der Waals surface area contributed by atoms with Crippen LogP contribution in [0.1, 0.15) is 176 Å². The standard InChI is InChI=1S/C123H105N7/c1-119(2,3)77-53-61-104-96(65-77)97-66-78(120(4,5)6)54-62-105(97)124(104)83-57-59-92-110(71-83)129(109-52-34-46-91-90-45-33-51-108(117(90)127(118(91)109)82-39-23-18-24-40-82)128-102-49-31-27-43-88(102)89-44-28-32-50-103(89)128)112-73-85(126-100-47-29-25-41-86(100)87-42-26-30-48-101(87)126)74-113-115(112)114(92)93-60-58-84(125-106-63-55-79(121(7,8)9)67-98(106)99-68-80(122(10,11)12)56-64-107(99)125)72-111(93)130(113)116-94(75-35-19-16-20-36-75)69-81(123(13,14)15)70-95(116)76-37-21-17-22-38-76/h16-74,114H,1-15H3/i25D,26D,27D,28D,29D,30D,31D,32D,41D,42D,43D,44D,47D,48D,49D,50D. The highest BCUT2D eigenvalue weighted by atomic mass is 15.2. The molecule has 0 radical (unpaired) electrons. The van der Waals surface area contributed by atoms with E-state index in [2.05, 4.69) is 315 Å². The van der Waals surface area contributed by atoms with Crippen LogP contribution in [-0.4, -0.2) is 22.8 Å². The zero-order chi connectivity index (χ0) is 103. The number of benzene rings is 17. The number of aromatic nitrogens is 5. The minimum Gasteiger partial charge on any atom is -0.309 e. The lowest BCUT2D eigenvalue weighted by atomic mass is 9.74. The largest absolute Gasteiger partial charge is 0.309 e. The van der Waals surface area contributed by atoms with E-state index in [1.54, 1.807) is 9.13 Å². The van der Waals surface area contributed by atoms with Crippen LogP contribution in [0, 0.1) is 0 Å². The van der Waals surface area contributed by atoms with Gasteiger partial charge in [-0.15, -0.1) is 0 Å². The first-order valence-electron chi connectivity index (χ1n) is 53.0. The number of nitrogens with zero attached hydrogens (tertiary/aromatic N) is 7. The molecule has 1 unspecified atom stereocenters. The summed E-state index contributed by atoms with van der Waals surface area (Å²) < 4.78 is 167. The number of hydrogen-bond donors (Lipinski definition) is 0. The fraction of sp³-hybridized carbons (Fsp3) is 0.171. The van der Waals surface area contributed by atoms with Crippen LogP contribution in [0.4, 0.5) is 34.1 Å². The third kappa shape index (κ3) is 12.0. The summed E-state index contributed by atoms with van der Waals surface area (Å²) in [7, 11) is 0. The Labute approximate surface area is 783 Å². The van der Waals surface area contributed by atoms with Crippen molar-refractivity contribution < 1.29 is 21.9 Å². The van der Waals surface area contributed by atoms with Crippen LogP contribution in [0.2, 0.25) is 0 Å².